The normalized spacial score (nSPS) is 12.1. The highest BCUT2D eigenvalue weighted by molar-refractivity contribution is 7.10. The highest BCUT2D eigenvalue weighted by Crippen LogP contribution is 2.23. The van der Waals surface area contributed by atoms with E-state index >= 15 is 0 Å². The van der Waals surface area contributed by atoms with Crippen LogP contribution in [-0.4, -0.2) is 20.3 Å². The van der Waals surface area contributed by atoms with Crippen molar-refractivity contribution in [3.05, 3.63) is 88.8 Å². The van der Waals surface area contributed by atoms with E-state index in [4.69, 9.17) is 0 Å². The molecule has 3 heterocycles. The van der Waals surface area contributed by atoms with Gasteiger partial charge in [-0.1, -0.05) is 18.2 Å². The highest BCUT2D eigenvalue weighted by Gasteiger charge is 2.22. The Morgan fingerprint density at radius 2 is 1.93 bits per heavy atom. The largest absolute Gasteiger partial charge is 0.345 e. The molecule has 1 N–H and O–H groups in total. The summed E-state index contributed by atoms with van der Waals surface area (Å²) in [5, 5.41) is 9.25. The Hall–Kier alpha value is -3.19. The van der Waals surface area contributed by atoms with E-state index in [1.807, 2.05) is 36.6 Å². The maximum Gasteiger partial charge on any atom is 0.257 e. The number of halogens is 1. The summed E-state index contributed by atoms with van der Waals surface area (Å²) in [6.07, 6.45) is 5.07. The van der Waals surface area contributed by atoms with E-state index in [1.165, 1.54) is 16.9 Å². The van der Waals surface area contributed by atoms with Crippen LogP contribution in [0.15, 0.2) is 72.5 Å². The number of carbonyl (C=O) groups is 1. The molecule has 1 atom stereocenters. The van der Waals surface area contributed by atoms with E-state index in [-0.39, 0.29) is 17.6 Å². The maximum absolute atomic E-state index is 14.3. The van der Waals surface area contributed by atoms with Crippen molar-refractivity contribution in [1.29, 1.82) is 0 Å². The number of para-hydroxylation sites is 1. The summed E-state index contributed by atoms with van der Waals surface area (Å²) >= 11 is 1.58. The van der Waals surface area contributed by atoms with Crippen LogP contribution in [0, 0.1) is 5.82 Å². The summed E-state index contributed by atoms with van der Waals surface area (Å²) in [6.45, 7) is 1.93. The van der Waals surface area contributed by atoms with Gasteiger partial charge in [-0.3, -0.25) is 4.79 Å². The molecular formula is C20H17FN4OS. The number of carbonyl (C=O) groups excluding carboxylic acids is 1. The Bertz CT molecular complexity index is 1050. The van der Waals surface area contributed by atoms with Gasteiger partial charge in [0.1, 0.15) is 17.1 Å². The molecule has 0 aliphatic heterocycles. The van der Waals surface area contributed by atoms with Crippen molar-refractivity contribution < 1.29 is 9.18 Å². The van der Waals surface area contributed by atoms with Gasteiger partial charge in [0.05, 0.1) is 12.2 Å². The molecule has 4 aromatic rings. The topological polar surface area (TPSA) is 51.9 Å². The Morgan fingerprint density at radius 3 is 2.63 bits per heavy atom. The molecule has 0 spiro atoms. The fourth-order valence-corrected chi connectivity index (χ4v) is 3.64. The summed E-state index contributed by atoms with van der Waals surface area (Å²) in [6, 6.07) is 13.8. The molecule has 0 radical (unpaired) electrons. The zero-order valence-electron chi connectivity index (χ0n) is 14.5. The predicted octanol–water partition coefficient (Wildman–Crippen LogP) is 4.35. The van der Waals surface area contributed by atoms with E-state index < -0.39 is 5.82 Å². The van der Waals surface area contributed by atoms with Gasteiger partial charge in [-0.15, -0.1) is 11.3 Å². The van der Waals surface area contributed by atoms with Gasteiger partial charge in [-0.2, -0.15) is 5.10 Å². The van der Waals surface area contributed by atoms with Gasteiger partial charge in [0.25, 0.3) is 5.91 Å². The number of hydrogen-bond acceptors (Lipinski definition) is 3. The van der Waals surface area contributed by atoms with Crippen LogP contribution in [0.1, 0.15) is 28.2 Å². The van der Waals surface area contributed by atoms with E-state index in [0.717, 1.165) is 4.88 Å². The molecule has 7 heteroatoms. The minimum Gasteiger partial charge on any atom is -0.345 e. The number of nitrogens with zero attached hydrogens (tertiary/aromatic N) is 3. The Morgan fingerprint density at radius 1 is 1.15 bits per heavy atom. The number of thiophene rings is 1. The van der Waals surface area contributed by atoms with Crippen molar-refractivity contribution >= 4 is 17.2 Å². The zero-order valence-corrected chi connectivity index (χ0v) is 15.4. The van der Waals surface area contributed by atoms with Gasteiger partial charge in [0.2, 0.25) is 0 Å². The van der Waals surface area contributed by atoms with Crippen LogP contribution in [0.5, 0.6) is 0 Å². The second kappa shape index (κ2) is 7.20. The first-order valence-electron chi connectivity index (χ1n) is 8.45. The summed E-state index contributed by atoms with van der Waals surface area (Å²) in [7, 11) is 0. The van der Waals surface area contributed by atoms with Crippen LogP contribution in [-0.2, 0) is 0 Å². The number of aromatic nitrogens is 3. The second-order valence-corrected chi connectivity index (χ2v) is 7.03. The number of hydrogen-bond donors (Lipinski definition) is 1. The van der Waals surface area contributed by atoms with Gasteiger partial charge in [-0.25, -0.2) is 9.07 Å². The molecule has 0 unspecified atom stereocenters. The van der Waals surface area contributed by atoms with Crippen molar-refractivity contribution in [2.75, 3.05) is 0 Å². The molecule has 136 valence electrons. The third-order valence-corrected chi connectivity index (χ3v) is 5.29. The van der Waals surface area contributed by atoms with Gasteiger partial charge in [0, 0.05) is 17.3 Å². The Kier molecular flexibility index (Phi) is 4.60. The van der Waals surface area contributed by atoms with Crippen LogP contribution in [0.25, 0.3) is 11.5 Å². The standard InChI is InChI=1S/C20H17FN4OS/c1-14(18-9-6-12-27-18)23-19(26)15-13-22-25(17-8-3-2-7-16(17)21)20(15)24-10-4-5-11-24/h2-14H,1H3,(H,23,26)/t14-/m0/s1. The lowest BCUT2D eigenvalue weighted by Crippen LogP contribution is -2.27. The van der Waals surface area contributed by atoms with E-state index in [2.05, 4.69) is 10.4 Å². The van der Waals surface area contributed by atoms with Crippen molar-refractivity contribution in [1.82, 2.24) is 19.7 Å². The predicted molar refractivity (Wildman–Crippen MR) is 103 cm³/mol. The molecule has 0 aliphatic carbocycles. The van der Waals surface area contributed by atoms with Crippen molar-refractivity contribution in [2.24, 2.45) is 0 Å². The maximum atomic E-state index is 14.3. The van der Waals surface area contributed by atoms with E-state index in [9.17, 15) is 9.18 Å². The van der Waals surface area contributed by atoms with Crippen LogP contribution < -0.4 is 5.32 Å². The summed E-state index contributed by atoms with van der Waals surface area (Å²) in [5.41, 5.74) is 0.657. The van der Waals surface area contributed by atoms with Gasteiger partial charge < -0.3 is 9.88 Å². The monoisotopic (exact) mass is 380 g/mol. The summed E-state index contributed by atoms with van der Waals surface area (Å²) < 4.78 is 17.5. The van der Waals surface area contributed by atoms with Crippen molar-refractivity contribution in [3.63, 3.8) is 0 Å². The minimum atomic E-state index is -0.409. The van der Waals surface area contributed by atoms with Crippen LogP contribution in [0.2, 0.25) is 0 Å². The SMILES string of the molecule is C[C@H](NC(=O)c1cnn(-c2ccccc2F)c1-n1cccc1)c1cccs1. The first-order chi connectivity index (χ1) is 13.1. The number of nitrogens with one attached hydrogen (secondary N) is 1. The van der Waals surface area contributed by atoms with Crippen LogP contribution in [0.3, 0.4) is 0 Å². The van der Waals surface area contributed by atoms with E-state index in [0.29, 0.717) is 11.4 Å². The zero-order chi connectivity index (χ0) is 18.8. The third kappa shape index (κ3) is 3.29. The average Bonchev–Trinajstić information content (AvgIpc) is 3.41. The molecule has 0 saturated heterocycles. The van der Waals surface area contributed by atoms with Crippen molar-refractivity contribution in [3.8, 4) is 11.5 Å². The molecule has 3 aromatic heterocycles. The molecule has 0 aliphatic rings. The second-order valence-electron chi connectivity index (χ2n) is 6.05. The molecule has 0 bridgehead atoms. The number of amides is 1. The number of benzene rings is 1. The molecule has 4 rings (SSSR count). The van der Waals surface area contributed by atoms with Crippen LogP contribution >= 0.6 is 11.3 Å². The Labute approximate surface area is 159 Å². The molecule has 1 aromatic carbocycles. The first kappa shape index (κ1) is 17.2. The summed E-state index contributed by atoms with van der Waals surface area (Å²) in [5.74, 6) is -0.184. The fraction of sp³-hybridized carbons (Fsp3) is 0.100. The Balaban J connectivity index is 1.75. The third-order valence-electron chi connectivity index (χ3n) is 4.24. The molecule has 0 fully saturated rings. The lowest BCUT2D eigenvalue weighted by atomic mass is 10.2. The average molecular weight is 380 g/mol. The molecule has 0 saturated carbocycles. The van der Waals surface area contributed by atoms with Crippen LogP contribution in [0.4, 0.5) is 4.39 Å². The fourth-order valence-electron chi connectivity index (χ4n) is 2.91. The number of rotatable bonds is 5. The summed E-state index contributed by atoms with van der Waals surface area (Å²) in [4.78, 5) is 14.0. The van der Waals surface area contributed by atoms with Gasteiger partial charge in [-0.05, 0) is 42.6 Å². The van der Waals surface area contributed by atoms with Crippen molar-refractivity contribution in [2.45, 2.75) is 13.0 Å². The lowest BCUT2D eigenvalue weighted by molar-refractivity contribution is 0.0940. The minimum absolute atomic E-state index is 0.133. The van der Waals surface area contributed by atoms with Gasteiger partial charge >= 0.3 is 0 Å². The highest BCUT2D eigenvalue weighted by atomic mass is 32.1. The molecule has 5 nitrogen and oxygen atoms in total. The quantitative estimate of drug-likeness (QED) is 0.559. The lowest BCUT2D eigenvalue weighted by Gasteiger charge is -2.14. The molecular weight excluding hydrogens is 363 g/mol. The first-order valence-corrected chi connectivity index (χ1v) is 9.33. The van der Waals surface area contributed by atoms with E-state index in [1.54, 1.807) is 46.5 Å². The van der Waals surface area contributed by atoms with Gasteiger partial charge in [0.15, 0.2) is 5.82 Å². The molecule has 27 heavy (non-hydrogen) atoms. The molecule has 1 amide bonds. The smallest absolute Gasteiger partial charge is 0.257 e.